The highest BCUT2D eigenvalue weighted by atomic mass is 32.1. The molecule has 1 nitrogen and oxygen atoms in total. The van der Waals surface area contributed by atoms with Crippen LogP contribution >= 0.6 is 22.7 Å². The molecular weight excluding hydrogens is 643 g/mol. The number of thiophene rings is 2. The summed E-state index contributed by atoms with van der Waals surface area (Å²) < 4.78 is 2.60. The highest BCUT2D eigenvalue weighted by molar-refractivity contribution is 7.26. The van der Waals surface area contributed by atoms with Gasteiger partial charge >= 0.3 is 0 Å². The van der Waals surface area contributed by atoms with Crippen molar-refractivity contribution in [3.63, 3.8) is 0 Å². The molecule has 2 aliphatic carbocycles. The molecule has 3 heterocycles. The van der Waals surface area contributed by atoms with Gasteiger partial charge in [-0.1, -0.05) is 109 Å². The van der Waals surface area contributed by atoms with Crippen LogP contribution in [0.2, 0.25) is 0 Å². The number of rotatable bonds is 6. The topological polar surface area (TPSA) is 12.9 Å². The molecule has 0 N–H and O–H groups in total. The van der Waals surface area contributed by atoms with E-state index in [-0.39, 0.29) is 0 Å². The van der Waals surface area contributed by atoms with E-state index in [1.165, 1.54) is 79.7 Å². The summed E-state index contributed by atoms with van der Waals surface area (Å²) in [6.07, 6.45) is 18.1. The number of benzene rings is 4. The van der Waals surface area contributed by atoms with E-state index in [4.69, 9.17) is 4.98 Å². The summed E-state index contributed by atoms with van der Waals surface area (Å²) in [6, 6.07) is 33.0. The van der Waals surface area contributed by atoms with Crippen molar-refractivity contribution in [3.8, 4) is 23.0 Å². The molecule has 0 unspecified atom stereocenters. The molecular formula is C47H33NS2. The lowest BCUT2D eigenvalue weighted by Gasteiger charge is -2.15. The van der Waals surface area contributed by atoms with E-state index in [1.807, 2.05) is 34.9 Å². The van der Waals surface area contributed by atoms with Crippen molar-refractivity contribution < 1.29 is 0 Å². The molecule has 0 saturated heterocycles. The SMILES string of the molecule is C=C(/C=C\C(=C/C)c1ccc2ccc(-c3ccc(C4=CCCc5c4sc4c5C=CC#CC4)nc3)cc2c1)c1cccc2c1sc1ccccc12. The fourth-order valence-electron chi connectivity index (χ4n) is 7.28. The van der Waals surface area contributed by atoms with Gasteiger partial charge in [-0.2, -0.15) is 0 Å². The third kappa shape index (κ3) is 5.38. The summed E-state index contributed by atoms with van der Waals surface area (Å²) in [4.78, 5) is 7.75. The maximum absolute atomic E-state index is 5.01. The average molecular weight is 676 g/mol. The van der Waals surface area contributed by atoms with Crippen LogP contribution in [0.25, 0.3) is 64.9 Å². The van der Waals surface area contributed by atoms with Crippen LogP contribution in [0.4, 0.5) is 0 Å². The summed E-state index contributed by atoms with van der Waals surface area (Å²) in [7, 11) is 0. The van der Waals surface area contributed by atoms with Gasteiger partial charge < -0.3 is 0 Å². The Labute approximate surface area is 301 Å². The minimum absolute atomic E-state index is 0.828. The first-order valence-corrected chi connectivity index (χ1v) is 18.7. The first kappa shape index (κ1) is 30.5. The number of aromatic nitrogens is 1. The molecule has 0 amide bonds. The molecule has 0 saturated carbocycles. The molecule has 2 aliphatic rings. The maximum atomic E-state index is 5.01. The number of pyridine rings is 1. The van der Waals surface area contributed by atoms with Crippen LogP contribution in [0.15, 0.2) is 134 Å². The number of allylic oxidation sites excluding steroid dienone is 7. The van der Waals surface area contributed by atoms with E-state index in [0.29, 0.717) is 0 Å². The molecule has 3 aromatic heterocycles. The van der Waals surface area contributed by atoms with Gasteiger partial charge in [0, 0.05) is 53.7 Å². The molecule has 0 fully saturated rings. The Morgan fingerprint density at radius 3 is 2.64 bits per heavy atom. The standard InChI is InChI=1S/C47H33NS2/c1-3-31(20-19-30(2)37-13-9-14-40-39-12-7-8-18-45(39)49-46(37)40)33-23-21-32-22-24-34(28-36(32)27-33)35-25-26-43(48-29-35)42-16-10-15-41-38-11-5-4-6-17-44(38)50-47(41)42/h3,5,7-9,11-14,16,18-29H,2,10,15,17H2,1H3/b20-19-,31-3+. The number of hydrogen-bond donors (Lipinski definition) is 0. The smallest absolute Gasteiger partial charge is 0.0713 e. The lowest BCUT2D eigenvalue weighted by molar-refractivity contribution is 0.981. The van der Waals surface area contributed by atoms with Gasteiger partial charge in [0.05, 0.1) is 5.69 Å². The molecule has 9 rings (SSSR count). The minimum atomic E-state index is 0.828. The van der Waals surface area contributed by atoms with E-state index >= 15 is 0 Å². The molecule has 0 aliphatic heterocycles. The Balaban J connectivity index is 0.976. The predicted octanol–water partition coefficient (Wildman–Crippen LogP) is 13.0. The second-order valence-electron chi connectivity index (χ2n) is 12.8. The third-order valence-corrected chi connectivity index (χ3v) is 12.4. The van der Waals surface area contributed by atoms with Crippen LogP contribution in [0.3, 0.4) is 0 Å². The number of hydrogen-bond acceptors (Lipinski definition) is 3. The van der Waals surface area contributed by atoms with Gasteiger partial charge in [-0.05, 0) is 106 Å². The van der Waals surface area contributed by atoms with Gasteiger partial charge in [0.15, 0.2) is 0 Å². The van der Waals surface area contributed by atoms with Gasteiger partial charge in [0.2, 0.25) is 0 Å². The van der Waals surface area contributed by atoms with Crippen molar-refractivity contribution in [2.45, 2.75) is 26.2 Å². The van der Waals surface area contributed by atoms with Crippen molar-refractivity contribution in [1.29, 1.82) is 0 Å². The minimum Gasteiger partial charge on any atom is -0.256 e. The summed E-state index contributed by atoms with van der Waals surface area (Å²) in [5.74, 6) is 6.41. The Bertz CT molecular complexity index is 2690. The number of fused-ring (bicyclic) bond motifs is 7. The third-order valence-electron chi connectivity index (χ3n) is 9.87. The molecule has 3 heteroatoms. The van der Waals surface area contributed by atoms with Crippen molar-refractivity contribution >= 4 is 76.4 Å². The second-order valence-corrected chi connectivity index (χ2v) is 15.0. The molecule has 4 aromatic carbocycles. The maximum Gasteiger partial charge on any atom is 0.0713 e. The molecule has 0 atom stereocenters. The van der Waals surface area contributed by atoms with E-state index < -0.39 is 0 Å². The van der Waals surface area contributed by atoms with Crippen LogP contribution in [-0.2, 0) is 12.8 Å². The zero-order valence-corrected chi connectivity index (χ0v) is 29.4. The molecule has 0 spiro atoms. The largest absolute Gasteiger partial charge is 0.256 e. The van der Waals surface area contributed by atoms with Gasteiger partial charge in [-0.15, -0.1) is 22.7 Å². The summed E-state index contributed by atoms with van der Waals surface area (Å²) >= 11 is 3.73. The zero-order valence-electron chi connectivity index (χ0n) is 27.8. The van der Waals surface area contributed by atoms with E-state index in [9.17, 15) is 0 Å². The first-order valence-electron chi connectivity index (χ1n) is 17.1. The van der Waals surface area contributed by atoms with Gasteiger partial charge in [-0.25, -0.2) is 0 Å². The van der Waals surface area contributed by atoms with Crippen molar-refractivity contribution in [2.24, 2.45) is 0 Å². The Kier molecular flexibility index (Phi) is 7.77. The first-order chi connectivity index (χ1) is 24.6. The predicted molar refractivity (Wildman–Crippen MR) is 219 cm³/mol. The lowest BCUT2D eigenvalue weighted by Crippen LogP contribution is -2.00. The second kappa shape index (κ2) is 12.7. The summed E-state index contributed by atoms with van der Waals surface area (Å²) in [5.41, 5.74) is 12.0. The average Bonchev–Trinajstić information content (AvgIpc) is 3.63. The van der Waals surface area contributed by atoms with Crippen LogP contribution in [0, 0.1) is 11.8 Å². The summed E-state index contributed by atoms with van der Waals surface area (Å²) in [6.45, 7) is 6.58. The normalized spacial score (nSPS) is 14.0. The highest BCUT2D eigenvalue weighted by Crippen LogP contribution is 2.42. The van der Waals surface area contributed by atoms with Crippen LogP contribution in [0.1, 0.15) is 51.0 Å². The Hall–Kier alpha value is -5.53. The number of nitrogens with zero attached hydrogens (tertiary/aromatic N) is 1. The lowest BCUT2D eigenvalue weighted by atomic mass is 9.92. The van der Waals surface area contributed by atoms with Gasteiger partial charge in [-0.3, -0.25) is 4.98 Å². The fraction of sp³-hybridized carbons (Fsp3) is 0.0851. The summed E-state index contributed by atoms with van der Waals surface area (Å²) in [5, 5.41) is 5.03. The van der Waals surface area contributed by atoms with Crippen LogP contribution < -0.4 is 0 Å². The molecule has 0 bridgehead atoms. The monoisotopic (exact) mass is 675 g/mol. The van der Waals surface area contributed by atoms with Crippen LogP contribution in [0.5, 0.6) is 0 Å². The fourth-order valence-corrected chi connectivity index (χ4v) is 9.86. The van der Waals surface area contributed by atoms with Crippen molar-refractivity contribution in [3.05, 3.63) is 172 Å². The zero-order chi connectivity index (χ0) is 33.6. The van der Waals surface area contributed by atoms with Crippen LogP contribution in [-0.4, -0.2) is 4.98 Å². The molecule has 238 valence electrons. The Morgan fingerprint density at radius 1 is 0.860 bits per heavy atom. The van der Waals surface area contributed by atoms with Gasteiger partial charge in [0.1, 0.15) is 0 Å². The van der Waals surface area contributed by atoms with E-state index in [0.717, 1.165) is 36.1 Å². The van der Waals surface area contributed by atoms with Crippen molar-refractivity contribution in [2.75, 3.05) is 0 Å². The van der Waals surface area contributed by atoms with E-state index in [2.05, 4.69) is 147 Å². The highest BCUT2D eigenvalue weighted by Gasteiger charge is 2.23. The molecule has 7 aromatic rings. The quantitative estimate of drug-likeness (QED) is 0.126. The molecule has 0 radical (unpaired) electrons. The van der Waals surface area contributed by atoms with E-state index in [1.54, 1.807) is 0 Å². The Morgan fingerprint density at radius 2 is 1.74 bits per heavy atom. The molecule has 50 heavy (non-hydrogen) atoms. The van der Waals surface area contributed by atoms with Crippen molar-refractivity contribution in [1.82, 2.24) is 4.98 Å². The van der Waals surface area contributed by atoms with Gasteiger partial charge in [0.25, 0.3) is 0 Å².